The monoisotopic (exact) mass is 760 g/mol. The summed E-state index contributed by atoms with van der Waals surface area (Å²) in [5.74, 6) is 1.28. The van der Waals surface area contributed by atoms with Crippen molar-refractivity contribution in [2.24, 2.45) is 4.99 Å². The number of allylic oxidation sites excluding steroid dienone is 1. The van der Waals surface area contributed by atoms with Gasteiger partial charge < -0.3 is 18.9 Å². The maximum Gasteiger partial charge on any atom is 0.338 e. The van der Waals surface area contributed by atoms with E-state index in [4.69, 9.17) is 23.9 Å². The third-order valence-electron chi connectivity index (χ3n) is 7.83. The molecule has 1 atom stereocenters. The Labute approximate surface area is 289 Å². The maximum absolute atomic E-state index is 14.3. The van der Waals surface area contributed by atoms with Crippen LogP contribution in [0.4, 0.5) is 0 Å². The van der Waals surface area contributed by atoms with Crippen molar-refractivity contribution in [3.05, 3.63) is 130 Å². The summed E-state index contributed by atoms with van der Waals surface area (Å²) in [6.07, 6.45) is 1.81. The molecule has 0 saturated heterocycles. The Morgan fingerprint density at radius 3 is 2.51 bits per heavy atom. The van der Waals surface area contributed by atoms with Crippen LogP contribution in [0.25, 0.3) is 16.8 Å². The fourth-order valence-electron chi connectivity index (χ4n) is 5.73. The number of aromatic nitrogens is 1. The minimum atomic E-state index is -0.726. The van der Waals surface area contributed by atoms with Crippen molar-refractivity contribution < 1.29 is 23.7 Å². The third-order valence-corrected chi connectivity index (χ3v) is 9.44. The van der Waals surface area contributed by atoms with Crippen LogP contribution >= 0.6 is 33.9 Å². The zero-order chi connectivity index (χ0) is 33.1. The molecule has 0 unspecified atom stereocenters. The van der Waals surface area contributed by atoms with E-state index in [2.05, 4.69) is 40.8 Å². The maximum atomic E-state index is 14.3. The number of carbonyl (C=O) groups excluding carboxylic acids is 1. The molecule has 5 aromatic rings. The van der Waals surface area contributed by atoms with Crippen LogP contribution in [0, 0.1) is 3.57 Å². The molecular formula is C37H33IN2O6S. The van der Waals surface area contributed by atoms with Crippen molar-refractivity contribution in [1.82, 2.24) is 4.57 Å². The van der Waals surface area contributed by atoms with Gasteiger partial charge in [0.2, 0.25) is 0 Å². The molecule has 1 aliphatic heterocycles. The Kier molecular flexibility index (Phi) is 9.79. The van der Waals surface area contributed by atoms with E-state index in [1.807, 2.05) is 73.7 Å². The number of nitrogens with zero attached hydrogens (tertiary/aromatic N) is 2. The van der Waals surface area contributed by atoms with E-state index in [0.717, 1.165) is 25.5 Å². The van der Waals surface area contributed by atoms with Gasteiger partial charge in [0, 0.05) is 9.13 Å². The minimum Gasteiger partial charge on any atom is -0.494 e. The summed E-state index contributed by atoms with van der Waals surface area (Å²) in [4.78, 5) is 32.8. The van der Waals surface area contributed by atoms with Crippen LogP contribution in [-0.2, 0) is 16.1 Å². The van der Waals surface area contributed by atoms with Gasteiger partial charge in [0.25, 0.3) is 5.56 Å². The molecule has 4 aromatic carbocycles. The number of thiazole rings is 1. The summed E-state index contributed by atoms with van der Waals surface area (Å²) in [6.45, 7) is 6.48. The highest BCUT2D eigenvalue weighted by Gasteiger charge is 2.33. The molecule has 8 nitrogen and oxygen atoms in total. The molecule has 0 radical (unpaired) electrons. The summed E-state index contributed by atoms with van der Waals surface area (Å²) >= 11 is 3.49. The van der Waals surface area contributed by atoms with Gasteiger partial charge in [-0.05, 0) is 95.6 Å². The molecule has 47 heavy (non-hydrogen) atoms. The van der Waals surface area contributed by atoms with Gasteiger partial charge in [-0.3, -0.25) is 9.36 Å². The number of hydrogen-bond donors (Lipinski definition) is 0. The lowest BCUT2D eigenvalue weighted by atomic mass is 9.96. The first kappa shape index (κ1) is 32.5. The van der Waals surface area contributed by atoms with Crippen molar-refractivity contribution in [3.63, 3.8) is 0 Å². The first-order valence-corrected chi connectivity index (χ1v) is 17.1. The van der Waals surface area contributed by atoms with Gasteiger partial charge in [0.15, 0.2) is 16.3 Å². The zero-order valence-corrected chi connectivity index (χ0v) is 29.4. The van der Waals surface area contributed by atoms with Gasteiger partial charge in [0.05, 0.1) is 42.2 Å². The SMILES string of the molecule is CCOC(=O)C1=C(C)N=c2s/c(=C\c3cc(I)cc(OC)c3OCc3cccc4ccccc34)c(=O)n2[C@H]1c1ccc(OCC)cc1. The first-order chi connectivity index (χ1) is 22.8. The van der Waals surface area contributed by atoms with Crippen molar-refractivity contribution in [1.29, 1.82) is 0 Å². The van der Waals surface area contributed by atoms with Crippen molar-refractivity contribution >= 4 is 56.7 Å². The van der Waals surface area contributed by atoms with Gasteiger partial charge in [-0.1, -0.05) is 65.9 Å². The van der Waals surface area contributed by atoms with E-state index in [9.17, 15) is 9.59 Å². The molecule has 0 fully saturated rings. The Hall–Kier alpha value is -4.42. The fraction of sp³-hybridized carbons (Fsp3) is 0.216. The molecule has 2 heterocycles. The molecule has 0 aliphatic carbocycles. The van der Waals surface area contributed by atoms with Crippen molar-refractivity contribution in [2.75, 3.05) is 20.3 Å². The lowest BCUT2D eigenvalue weighted by molar-refractivity contribution is -0.139. The standard InChI is InChI=1S/C37H33IN2O6S/c1-5-44-28-16-14-24(15-17-28)33-32(36(42)45-6-2)22(3)39-37-40(33)35(41)31(47-37)19-26-18-27(38)20-30(43-4)34(26)46-21-25-12-9-11-23-10-7-8-13-29(23)25/h7-20,33H,5-6,21H2,1-4H3/b31-19-/t33-/m0/s1. The predicted molar refractivity (Wildman–Crippen MR) is 192 cm³/mol. The van der Waals surface area contributed by atoms with E-state index in [0.29, 0.717) is 56.6 Å². The number of halogens is 1. The average molecular weight is 761 g/mol. The average Bonchev–Trinajstić information content (AvgIpc) is 3.37. The molecule has 240 valence electrons. The van der Waals surface area contributed by atoms with Gasteiger partial charge >= 0.3 is 5.97 Å². The van der Waals surface area contributed by atoms with Crippen LogP contribution < -0.4 is 29.1 Å². The van der Waals surface area contributed by atoms with Crippen molar-refractivity contribution in [3.8, 4) is 17.2 Å². The van der Waals surface area contributed by atoms with Crippen LogP contribution in [-0.4, -0.2) is 30.9 Å². The van der Waals surface area contributed by atoms with Gasteiger partial charge in [-0.2, -0.15) is 0 Å². The second-order valence-corrected chi connectivity index (χ2v) is 13.0. The number of ether oxygens (including phenoxy) is 4. The topological polar surface area (TPSA) is 88.4 Å². The van der Waals surface area contributed by atoms with E-state index >= 15 is 0 Å². The van der Waals surface area contributed by atoms with Crippen LogP contribution in [0.2, 0.25) is 0 Å². The number of methoxy groups -OCH3 is 1. The molecule has 1 aromatic heterocycles. The molecule has 6 rings (SSSR count). The van der Waals surface area contributed by atoms with Crippen LogP contribution in [0.5, 0.6) is 17.2 Å². The van der Waals surface area contributed by atoms with E-state index in [-0.39, 0.29) is 12.2 Å². The zero-order valence-electron chi connectivity index (χ0n) is 26.4. The number of esters is 1. The lowest BCUT2D eigenvalue weighted by Gasteiger charge is -2.24. The first-order valence-electron chi connectivity index (χ1n) is 15.2. The number of rotatable bonds is 10. The number of fused-ring (bicyclic) bond motifs is 2. The third kappa shape index (κ3) is 6.57. The quantitative estimate of drug-likeness (QED) is 0.119. The molecule has 0 saturated carbocycles. The van der Waals surface area contributed by atoms with E-state index < -0.39 is 12.0 Å². The molecule has 0 amide bonds. The fourth-order valence-corrected chi connectivity index (χ4v) is 7.39. The van der Waals surface area contributed by atoms with Crippen LogP contribution in [0.3, 0.4) is 0 Å². The Balaban J connectivity index is 1.47. The summed E-state index contributed by atoms with van der Waals surface area (Å²) < 4.78 is 26.2. The number of benzene rings is 4. The summed E-state index contributed by atoms with van der Waals surface area (Å²) in [5, 5.41) is 2.24. The molecule has 1 aliphatic rings. The molecule has 0 N–H and O–H groups in total. The highest BCUT2D eigenvalue weighted by Crippen LogP contribution is 2.36. The smallest absolute Gasteiger partial charge is 0.338 e. The predicted octanol–water partition coefficient (Wildman–Crippen LogP) is 6.54. The number of carbonyl (C=O) groups is 1. The van der Waals surface area contributed by atoms with Crippen molar-refractivity contribution in [2.45, 2.75) is 33.4 Å². The van der Waals surface area contributed by atoms with E-state index in [1.165, 1.54) is 11.3 Å². The minimum absolute atomic E-state index is 0.200. The molecule has 0 bridgehead atoms. The molecule has 10 heteroatoms. The Morgan fingerprint density at radius 1 is 1.00 bits per heavy atom. The molecule has 0 spiro atoms. The highest BCUT2D eigenvalue weighted by molar-refractivity contribution is 14.1. The Morgan fingerprint density at radius 2 is 1.77 bits per heavy atom. The number of hydrogen-bond acceptors (Lipinski definition) is 8. The van der Waals surface area contributed by atoms with Gasteiger partial charge in [0.1, 0.15) is 12.4 Å². The second kappa shape index (κ2) is 14.1. The van der Waals surface area contributed by atoms with Gasteiger partial charge in [-0.25, -0.2) is 9.79 Å². The summed E-state index contributed by atoms with van der Waals surface area (Å²) in [5.41, 5.74) is 3.02. The summed E-state index contributed by atoms with van der Waals surface area (Å²) in [7, 11) is 1.60. The van der Waals surface area contributed by atoms with Gasteiger partial charge in [-0.15, -0.1) is 0 Å². The largest absolute Gasteiger partial charge is 0.494 e. The lowest BCUT2D eigenvalue weighted by Crippen LogP contribution is -2.39. The second-order valence-electron chi connectivity index (χ2n) is 10.8. The normalized spacial score (nSPS) is 14.5. The summed E-state index contributed by atoms with van der Waals surface area (Å²) in [6, 6.07) is 24.9. The van der Waals surface area contributed by atoms with Crippen LogP contribution in [0.15, 0.2) is 99.9 Å². The highest BCUT2D eigenvalue weighted by atomic mass is 127. The van der Waals surface area contributed by atoms with Crippen LogP contribution in [0.1, 0.15) is 43.5 Å². The Bertz CT molecular complexity index is 2180. The molecular weight excluding hydrogens is 727 g/mol. The van der Waals surface area contributed by atoms with E-state index in [1.54, 1.807) is 25.5 Å².